The molecule has 0 aromatic carbocycles. The molecule has 0 atom stereocenters. The van der Waals surface area contributed by atoms with Crippen molar-refractivity contribution >= 4 is 22.4 Å². The first-order chi connectivity index (χ1) is 8.27. The van der Waals surface area contributed by atoms with Crippen LogP contribution < -0.4 is 10.6 Å². The summed E-state index contributed by atoms with van der Waals surface area (Å²) in [6.45, 7) is 1.97. The van der Waals surface area contributed by atoms with Gasteiger partial charge in [-0.25, -0.2) is 0 Å². The lowest BCUT2D eigenvalue weighted by Crippen LogP contribution is -2.27. The molecule has 1 rings (SSSR count). The number of carbonyl (C=O) groups excluding carboxylic acids is 1. The average molecular weight is 260 g/mol. The third-order valence-corrected chi connectivity index (χ3v) is 2.74. The van der Waals surface area contributed by atoms with Gasteiger partial charge in [0, 0.05) is 20.7 Å². The van der Waals surface area contributed by atoms with Gasteiger partial charge in [0.2, 0.25) is 10.1 Å². The van der Waals surface area contributed by atoms with Crippen LogP contribution in [0.3, 0.4) is 0 Å². The van der Waals surface area contributed by atoms with E-state index in [9.17, 15) is 4.79 Å². The summed E-state index contributed by atoms with van der Waals surface area (Å²) < 4.78 is 10.0. The van der Waals surface area contributed by atoms with Gasteiger partial charge in [0.05, 0.1) is 19.8 Å². The van der Waals surface area contributed by atoms with Gasteiger partial charge in [-0.05, 0) is 0 Å². The van der Waals surface area contributed by atoms with E-state index in [0.29, 0.717) is 36.5 Å². The molecule has 0 spiro atoms. The fraction of sp³-hybridized carbons (Fsp3) is 0.667. The van der Waals surface area contributed by atoms with Gasteiger partial charge in [-0.2, -0.15) is 0 Å². The first-order valence-corrected chi connectivity index (χ1v) is 5.95. The maximum Gasteiger partial charge on any atom is 0.282 e. The van der Waals surface area contributed by atoms with Gasteiger partial charge in [-0.3, -0.25) is 4.79 Å². The van der Waals surface area contributed by atoms with Gasteiger partial charge in [0.1, 0.15) is 0 Å². The second-order valence-corrected chi connectivity index (χ2v) is 4.00. The first kappa shape index (κ1) is 13.8. The Kier molecular flexibility index (Phi) is 6.45. The molecular weight excluding hydrogens is 244 g/mol. The number of aromatic nitrogens is 2. The molecule has 0 bridgehead atoms. The molecule has 8 heteroatoms. The monoisotopic (exact) mass is 260 g/mol. The normalized spacial score (nSPS) is 10.2. The highest BCUT2D eigenvalue weighted by atomic mass is 32.1. The molecule has 0 aliphatic carbocycles. The molecular formula is C9H16N4O3S. The molecule has 0 unspecified atom stereocenters. The molecule has 1 aromatic heterocycles. The number of amides is 1. The van der Waals surface area contributed by atoms with Gasteiger partial charge in [-0.15, -0.1) is 10.2 Å². The van der Waals surface area contributed by atoms with E-state index < -0.39 is 0 Å². The lowest BCUT2D eigenvalue weighted by Gasteiger charge is -2.04. The Hall–Kier alpha value is -1.25. The largest absolute Gasteiger partial charge is 0.382 e. The number of hydrogen-bond acceptors (Lipinski definition) is 7. The number of anilines is 1. The standard InChI is InChI=1S/C9H16N4O3S/c1-10-9-13-12-8(17-9)7(14)11-3-4-16-6-5-15-2/h3-6H2,1-2H3,(H,10,13)(H,11,14). The van der Waals surface area contributed by atoms with Crippen LogP contribution in [0.4, 0.5) is 5.13 Å². The number of carbonyl (C=O) groups is 1. The molecule has 0 fully saturated rings. The number of rotatable bonds is 8. The van der Waals surface area contributed by atoms with E-state index in [1.54, 1.807) is 14.2 Å². The van der Waals surface area contributed by atoms with Crippen LogP contribution in [0.1, 0.15) is 9.80 Å². The minimum atomic E-state index is -0.237. The number of nitrogens with zero attached hydrogens (tertiary/aromatic N) is 2. The van der Waals surface area contributed by atoms with Crippen molar-refractivity contribution in [1.82, 2.24) is 15.5 Å². The van der Waals surface area contributed by atoms with E-state index in [4.69, 9.17) is 9.47 Å². The number of ether oxygens (including phenoxy) is 2. The Morgan fingerprint density at radius 3 is 2.82 bits per heavy atom. The summed E-state index contributed by atoms with van der Waals surface area (Å²) in [4.78, 5) is 11.6. The zero-order valence-electron chi connectivity index (χ0n) is 9.86. The number of methoxy groups -OCH3 is 1. The van der Waals surface area contributed by atoms with Crippen molar-refractivity contribution in [3.8, 4) is 0 Å². The minimum Gasteiger partial charge on any atom is -0.382 e. The summed E-state index contributed by atoms with van der Waals surface area (Å²) in [5.74, 6) is -0.237. The Morgan fingerprint density at radius 2 is 2.18 bits per heavy atom. The summed E-state index contributed by atoms with van der Waals surface area (Å²) in [6.07, 6.45) is 0. The molecule has 1 heterocycles. The van der Waals surface area contributed by atoms with Gasteiger partial charge in [0.25, 0.3) is 5.91 Å². The highest BCUT2D eigenvalue weighted by molar-refractivity contribution is 7.17. The first-order valence-electron chi connectivity index (χ1n) is 5.14. The van der Waals surface area contributed by atoms with Crippen molar-refractivity contribution in [3.05, 3.63) is 5.01 Å². The fourth-order valence-corrected chi connectivity index (χ4v) is 1.59. The maximum absolute atomic E-state index is 11.6. The topological polar surface area (TPSA) is 85.4 Å². The van der Waals surface area contributed by atoms with Gasteiger partial charge in [0.15, 0.2) is 0 Å². The Balaban J connectivity index is 2.16. The maximum atomic E-state index is 11.6. The summed E-state index contributed by atoms with van der Waals surface area (Å²) in [7, 11) is 3.34. The molecule has 2 N–H and O–H groups in total. The van der Waals surface area contributed by atoms with Crippen molar-refractivity contribution in [2.75, 3.05) is 45.8 Å². The molecule has 0 radical (unpaired) electrons. The highest BCUT2D eigenvalue weighted by Crippen LogP contribution is 2.13. The lowest BCUT2D eigenvalue weighted by atomic mass is 10.6. The zero-order valence-corrected chi connectivity index (χ0v) is 10.7. The van der Waals surface area contributed by atoms with Crippen LogP contribution in [0.5, 0.6) is 0 Å². The van der Waals surface area contributed by atoms with Crippen molar-refractivity contribution in [3.63, 3.8) is 0 Å². The van der Waals surface area contributed by atoms with Crippen molar-refractivity contribution in [2.24, 2.45) is 0 Å². The summed E-state index contributed by atoms with van der Waals surface area (Å²) in [5.41, 5.74) is 0. The van der Waals surface area contributed by atoms with E-state index in [1.807, 2.05) is 0 Å². The smallest absolute Gasteiger partial charge is 0.282 e. The molecule has 17 heavy (non-hydrogen) atoms. The highest BCUT2D eigenvalue weighted by Gasteiger charge is 2.11. The van der Waals surface area contributed by atoms with E-state index in [-0.39, 0.29) is 5.91 Å². The summed E-state index contributed by atoms with van der Waals surface area (Å²) in [6, 6.07) is 0. The van der Waals surface area contributed by atoms with Crippen molar-refractivity contribution in [2.45, 2.75) is 0 Å². The molecule has 96 valence electrons. The summed E-state index contributed by atoms with van der Waals surface area (Å²) in [5, 5.41) is 14.0. The van der Waals surface area contributed by atoms with Crippen LogP contribution in [0.15, 0.2) is 0 Å². The molecule has 1 aromatic rings. The average Bonchev–Trinajstić information content (AvgIpc) is 2.82. The second kappa shape index (κ2) is 7.93. The van der Waals surface area contributed by atoms with E-state index in [2.05, 4.69) is 20.8 Å². The Morgan fingerprint density at radius 1 is 1.35 bits per heavy atom. The number of nitrogens with one attached hydrogen (secondary N) is 2. The Labute approximate surface area is 104 Å². The van der Waals surface area contributed by atoms with Crippen LogP contribution in [0, 0.1) is 0 Å². The zero-order chi connectivity index (χ0) is 12.5. The molecule has 0 saturated carbocycles. The van der Waals surface area contributed by atoms with Gasteiger partial charge >= 0.3 is 0 Å². The van der Waals surface area contributed by atoms with Gasteiger partial charge < -0.3 is 20.1 Å². The van der Waals surface area contributed by atoms with E-state index in [1.165, 1.54) is 11.3 Å². The molecule has 1 amide bonds. The Bertz CT molecular complexity index is 345. The van der Waals surface area contributed by atoms with Crippen LogP contribution in [-0.4, -0.2) is 56.6 Å². The van der Waals surface area contributed by atoms with Crippen LogP contribution in [0.2, 0.25) is 0 Å². The van der Waals surface area contributed by atoms with Crippen LogP contribution >= 0.6 is 11.3 Å². The van der Waals surface area contributed by atoms with Crippen molar-refractivity contribution in [1.29, 1.82) is 0 Å². The molecule has 7 nitrogen and oxygen atoms in total. The quantitative estimate of drug-likeness (QED) is 0.639. The van der Waals surface area contributed by atoms with Gasteiger partial charge in [-0.1, -0.05) is 11.3 Å². The third kappa shape index (κ3) is 5.07. The third-order valence-electron chi connectivity index (χ3n) is 1.80. The SMILES string of the molecule is CNc1nnc(C(=O)NCCOCCOC)s1. The number of hydrogen-bond donors (Lipinski definition) is 2. The predicted molar refractivity (Wildman–Crippen MR) is 64.5 cm³/mol. The molecule has 0 aliphatic rings. The van der Waals surface area contributed by atoms with Crippen LogP contribution in [0.25, 0.3) is 0 Å². The second-order valence-electron chi connectivity index (χ2n) is 3.02. The fourth-order valence-electron chi connectivity index (χ4n) is 0.973. The van der Waals surface area contributed by atoms with E-state index in [0.717, 1.165) is 0 Å². The molecule has 0 saturated heterocycles. The summed E-state index contributed by atoms with van der Waals surface area (Å²) >= 11 is 1.21. The van der Waals surface area contributed by atoms with E-state index >= 15 is 0 Å². The van der Waals surface area contributed by atoms with Crippen LogP contribution in [-0.2, 0) is 9.47 Å². The molecule has 0 aliphatic heterocycles. The van der Waals surface area contributed by atoms with Crippen molar-refractivity contribution < 1.29 is 14.3 Å². The predicted octanol–water partition coefficient (Wildman–Crippen LogP) is -0.0274. The minimum absolute atomic E-state index is 0.237. The lowest BCUT2D eigenvalue weighted by molar-refractivity contribution is 0.0692.